The van der Waals surface area contributed by atoms with Gasteiger partial charge in [0.15, 0.2) is 0 Å². The van der Waals surface area contributed by atoms with Gasteiger partial charge < -0.3 is 0 Å². The molecule has 2 aromatic carbocycles. The summed E-state index contributed by atoms with van der Waals surface area (Å²) < 4.78 is 13.3. The molecule has 0 atom stereocenters. The highest BCUT2D eigenvalue weighted by atomic mass is 32.2. The number of thioether (sulfide) groups is 1. The molecule has 0 aliphatic heterocycles. The Hall–Kier alpha value is -2.39. The molecule has 6 heteroatoms. The first-order chi connectivity index (χ1) is 9.60. The first-order valence-corrected chi connectivity index (χ1v) is 6.64. The average Bonchev–Trinajstić information content (AvgIpc) is 2.44. The molecule has 0 saturated carbocycles. The van der Waals surface area contributed by atoms with Crippen LogP contribution in [0.4, 0.5) is 10.1 Å². The van der Waals surface area contributed by atoms with Crippen molar-refractivity contribution in [1.82, 2.24) is 0 Å². The average molecular weight is 288 g/mol. The normalized spacial score (nSPS) is 10.0. The Morgan fingerprint density at radius 2 is 2.05 bits per heavy atom. The van der Waals surface area contributed by atoms with E-state index in [4.69, 9.17) is 5.26 Å². The Morgan fingerprint density at radius 1 is 1.30 bits per heavy atom. The Kier molecular flexibility index (Phi) is 4.33. The van der Waals surface area contributed by atoms with Crippen LogP contribution in [0.1, 0.15) is 11.1 Å². The van der Waals surface area contributed by atoms with Crippen molar-refractivity contribution in [3.63, 3.8) is 0 Å². The molecule has 0 N–H and O–H groups in total. The Morgan fingerprint density at radius 3 is 2.75 bits per heavy atom. The molecule has 20 heavy (non-hydrogen) atoms. The van der Waals surface area contributed by atoms with E-state index in [1.165, 1.54) is 23.9 Å². The summed E-state index contributed by atoms with van der Waals surface area (Å²) in [5.41, 5.74) is 0.877. The largest absolute Gasteiger partial charge is 0.282 e. The smallest absolute Gasteiger partial charge is 0.258 e. The third-order valence-electron chi connectivity index (χ3n) is 2.54. The summed E-state index contributed by atoms with van der Waals surface area (Å²) in [4.78, 5) is 10.9. The maximum atomic E-state index is 13.3. The van der Waals surface area contributed by atoms with Crippen LogP contribution in [0, 0.1) is 27.3 Å². The lowest BCUT2D eigenvalue weighted by atomic mass is 10.1. The number of nitriles is 1. The molecular formula is C14H9FN2O2S. The number of nitrogens with zero attached hydrogens (tertiary/aromatic N) is 2. The molecule has 4 nitrogen and oxygen atoms in total. The van der Waals surface area contributed by atoms with E-state index in [0.717, 1.165) is 6.07 Å². The molecule has 0 fully saturated rings. The fourth-order valence-corrected chi connectivity index (χ4v) is 2.64. The van der Waals surface area contributed by atoms with E-state index < -0.39 is 10.7 Å². The number of halogens is 1. The number of nitro groups is 1. The molecule has 0 aliphatic carbocycles. The van der Waals surface area contributed by atoms with Crippen LogP contribution < -0.4 is 0 Å². The van der Waals surface area contributed by atoms with Gasteiger partial charge in [0, 0.05) is 11.8 Å². The number of hydrogen-bond acceptors (Lipinski definition) is 4. The second-order valence-corrected chi connectivity index (χ2v) is 4.99. The van der Waals surface area contributed by atoms with Gasteiger partial charge in [-0.3, -0.25) is 10.1 Å². The summed E-state index contributed by atoms with van der Waals surface area (Å²) in [6.45, 7) is 0. The van der Waals surface area contributed by atoms with Crippen LogP contribution >= 0.6 is 11.8 Å². The van der Waals surface area contributed by atoms with E-state index in [0.29, 0.717) is 16.2 Å². The molecule has 0 unspecified atom stereocenters. The van der Waals surface area contributed by atoms with Crippen molar-refractivity contribution in [2.45, 2.75) is 10.6 Å². The molecule has 2 aromatic rings. The van der Waals surface area contributed by atoms with Crippen LogP contribution in [0.5, 0.6) is 0 Å². The highest BCUT2D eigenvalue weighted by Gasteiger charge is 2.13. The number of para-hydroxylation sites is 1. The molecule has 0 bridgehead atoms. The highest BCUT2D eigenvalue weighted by molar-refractivity contribution is 7.98. The first-order valence-electron chi connectivity index (χ1n) is 5.66. The zero-order valence-corrected chi connectivity index (χ0v) is 11.1. The van der Waals surface area contributed by atoms with E-state index in [1.807, 2.05) is 6.07 Å². The lowest BCUT2D eigenvalue weighted by Gasteiger charge is -2.04. The third-order valence-corrected chi connectivity index (χ3v) is 3.68. The van der Waals surface area contributed by atoms with E-state index in [9.17, 15) is 14.5 Å². The summed E-state index contributed by atoms with van der Waals surface area (Å²) in [6, 6.07) is 12.3. The van der Waals surface area contributed by atoms with Gasteiger partial charge in [-0.05, 0) is 29.8 Å². The topological polar surface area (TPSA) is 66.9 Å². The third kappa shape index (κ3) is 3.33. The lowest BCUT2D eigenvalue weighted by molar-refractivity contribution is -0.387. The minimum absolute atomic E-state index is 0.0226. The van der Waals surface area contributed by atoms with Gasteiger partial charge in [-0.2, -0.15) is 5.26 Å². The second kappa shape index (κ2) is 6.17. The van der Waals surface area contributed by atoms with Crippen molar-refractivity contribution in [1.29, 1.82) is 5.26 Å². The molecule has 0 amide bonds. The quantitative estimate of drug-likeness (QED) is 0.486. The number of benzene rings is 2. The van der Waals surface area contributed by atoms with Crippen LogP contribution in [-0.2, 0) is 5.75 Å². The Labute approximate surface area is 119 Å². The monoisotopic (exact) mass is 288 g/mol. The molecule has 100 valence electrons. The van der Waals surface area contributed by atoms with E-state index in [1.54, 1.807) is 24.3 Å². The second-order valence-electron chi connectivity index (χ2n) is 3.97. The van der Waals surface area contributed by atoms with Crippen molar-refractivity contribution in [2.24, 2.45) is 0 Å². The number of nitro benzene ring substituents is 1. The van der Waals surface area contributed by atoms with Crippen molar-refractivity contribution in [3.8, 4) is 6.07 Å². The lowest BCUT2D eigenvalue weighted by Crippen LogP contribution is -1.91. The molecule has 0 radical (unpaired) electrons. The highest BCUT2D eigenvalue weighted by Crippen LogP contribution is 2.31. The van der Waals surface area contributed by atoms with Crippen LogP contribution in [0.2, 0.25) is 0 Å². The van der Waals surface area contributed by atoms with Gasteiger partial charge in [0.25, 0.3) is 5.69 Å². The zero-order chi connectivity index (χ0) is 14.5. The number of rotatable bonds is 4. The minimum atomic E-state index is -0.484. The summed E-state index contributed by atoms with van der Waals surface area (Å²) in [5.74, 6) is -0.126. The Bertz CT molecular complexity index is 698. The molecule has 0 aromatic heterocycles. The van der Waals surface area contributed by atoms with E-state index in [-0.39, 0.29) is 11.3 Å². The van der Waals surface area contributed by atoms with Crippen LogP contribution in [-0.4, -0.2) is 4.92 Å². The van der Waals surface area contributed by atoms with E-state index >= 15 is 0 Å². The maximum Gasteiger partial charge on any atom is 0.282 e. The molecule has 0 heterocycles. The summed E-state index contributed by atoms with van der Waals surface area (Å²) in [6.07, 6.45) is 0. The maximum absolute atomic E-state index is 13.3. The summed E-state index contributed by atoms with van der Waals surface area (Å²) >= 11 is 1.24. The van der Waals surface area contributed by atoms with Crippen molar-refractivity contribution >= 4 is 17.4 Å². The molecule has 0 spiro atoms. The SMILES string of the molecule is N#Cc1cc(F)cc(CSc2ccccc2[N+](=O)[O-])c1. The summed E-state index contributed by atoms with van der Waals surface area (Å²) in [7, 11) is 0. The van der Waals surface area contributed by atoms with Gasteiger partial charge >= 0.3 is 0 Å². The van der Waals surface area contributed by atoms with Crippen LogP contribution in [0.3, 0.4) is 0 Å². The molecule has 2 rings (SSSR count). The zero-order valence-electron chi connectivity index (χ0n) is 10.2. The fourth-order valence-electron chi connectivity index (χ4n) is 1.69. The van der Waals surface area contributed by atoms with Gasteiger partial charge in [-0.1, -0.05) is 12.1 Å². The van der Waals surface area contributed by atoms with Crippen molar-refractivity contribution in [3.05, 3.63) is 69.5 Å². The molecule has 0 aliphatic rings. The van der Waals surface area contributed by atoms with Gasteiger partial charge in [0.2, 0.25) is 0 Å². The predicted octanol–water partition coefficient (Wildman–Crippen LogP) is 3.90. The fraction of sp³-hybridized carbons (Fsp3) is 0.0714. The minimum Gasteiger partial charge on any atom is -0.258 e. The van der Waals surface area contributed by atoms with E-state index in [2.05, 4.69) is 0 Å². The Balaban J connectivity index is 2.19. The van der Waals surface area contributed by atoms with Gasteiger partial charge in [-0.25, -0.2) is 4.39 Å². The van der Waals surface area contributed by atoms with Crippen molar-refractivity contribution < 1.29 is 9.31 Å². The predicted molar refractivity (Wildman–Crippen MR) is 73.8 cm³/mol. The first kappa shape index (κ1) is 14.0. The van der Waals surface area contributed by atoms with Gasteiger partial charge in [0.05, 0.1) is 21.5 Å². The van der Waals surface area contributed by atoms with Gasteiger partial charge in [-0.15, -0.1) is 11.8 Å². The van der Waals surface area contributed by atoms with Crippen LogP contribution in [0.25, 0.3) is 0 Å². The van der Waals surface area contributed by atoms with Gasteiger partial charge in [0.1, 0.15) is 5.82 Å². The van der Waals surface area contributed by atoms with Crippen LogP contribution in [0.15, 0.2) is 47.4 Å². The summed E-state index contributed by atoms with van der Waals surface area (Å²) in [5, 5.41) is 19.7. The standard InChI is InChI=1S/C14H9FN2O2S/c15-12-6-10(8-16)5-11(7-12)9-20-14-4-2-1-3-13(14)17(18)19/h1-7H,9H2. The number of hydrogen-bond donors (Lipinski definition) is 0. The molecule has 0 saturated heterocycles. The van der Waals surface area contributed by atoms with Crippen molar-refractivity contribution in [2.75, 3.05) is 0 Å². The molecular weight excluding hydrogens is 279 g/mol.